The lowest BCUT2D eigenvalue weighted by molar-refractivity contribution is 0.623. The van der Waals surface area contributed by atoms with Crippen LogP contribution in [0.3, 0.4) is 0 Å². The average Bonchev–Trinajstić information content (AvgIpc) is 2.62. The van der Waals surface area contributed by atoms with Gasteiger partial charge < -0.3 is 0 Å². The Balaban J connectivity index is 1.81. The minimum absolute atomic E-state index is 0.289. The maximum atomic E-state index is 13.8. The highest BCUT2D eigenvalue weighted by atomic mass is 32.1. The fourth-order valence-corrected chi connectivity index (χ4v) is 2.49. The highest BCUT2D eigenvalue weighted by Gasteiger charge is 2.00. The summed E-state index contributed by atoms with van der Waals surface area (Å²) in [6, 6.07) is 20.6. The van der Waals surface area contributed by atoms with Crippen LogP contribution >= 0.6 is 12.2 Å². The summed E-state index contributed by atoms with van der Waals surface area (Å²) in [6.07, 6.45) is 0. The van der Waals surface area contributed by atoms with Crippen molar-refractivity contribution in [2.24, 2.45) is 4.99 Å². The zero-order chi connectivity index (χ0) is 17.6. The third-order valence-corrected chi connectivity index (χ3v) is 3.82. The Kier molecular flexibility index (Phi) is 5.16. The standard InChI is InChI=1S/C22H14FNS/c1-16-2-6-20(22(23)14-16)9-5-17-3-7-18(8-4-17)19-10-12-21(13-11-19)24-15-25/h2-4,6-8,10-14H,1H3. The Morgan fingerprint density at radius 2 is 1.48 bits per heavy atom. The van der Waals surface area contributed by atoms with Crippen molar-refractivity contribution in [3.05, 3.63) is 89.2 Å². The van der Waals surface area contributed by atoms with Crippen LogP contribution in [0, 0.1) is 24.6 Å². The van der Waals surface area contributed by atoms with E-state index in [1.54, 1.807) is 6.07 Å². The Hall–Kier alpha value is -3.05. The van der Waals surface area contributed by atoms with Crippen LogP contribution in [0.1, 0.15) is 16.7 Å². The van der Waals surface area contributed by atoms with Gasteiger partial charge in [-0.25, -0.2) is 4.39 Å². The molecule has 3 aromatic rings. The van der Waals surface area contributed by atoms with Gasteiger partial charge in [0.2, 0.25) is 0 Å². The smallest absolute Gasteiger partial charge is 0.139 e. The molecule has 0 heterocycles. The van der Waals surface area contributed by atoms with Crippen molar-refractivity contribution < 1.29 is 4.39 Å². The first-order valence-electron chi connectivity index (χ1n) is 7.72. The van der Waals surface area contributed by atoms with Gasteiger partial charge in [0, 0.05) is 5.56 Å². The van der Waals surface area contributed by atoms with E-state index in [0.717, 1.165) is 27.9 Å². The summed E-state index contributed by atoms with van der Waals surface area (Å²) in [7, 11) is 0. The molecule has 0 aliphatic rings. The van der Waals surface area contributed by atoms with Crippen LogP contribution in [0.15, 0.2) is 71.7 Å². The van der Waals surface area contributed by atoms with Crippen LogP contribution in [-0.4, -0.2) is 5.16 Å². The van der Waals surface area contributed by atoms with Crippen LogP contribution in [-0.2, 0) is 0 Å². The number of nitrogens with zero attached hydrogens (tertiary/aromatic N) is 1. The summed E-state index contributed by atoms with van der Waals surface area (Å²) in [5, 5.41) is 2.35. The van der Waals surface area contributed by atoms with Crippen molar-refractivity contribution in [1.82, 2.24) is 0 Å². The molecule has 0 atom stereocenters. The second-order valence-corrected chi connectivity index (χ2v) is 5.74. The molecule has 0 saturated carbocycles. The van der Waals surface area contributed by atoms with Crippen molar-refractivity contribution in [3.8, 4) is 23.0 Å². The fourth-order valence-electron chi connectivity index (χ4n) is 2.39. The van der Waals surface area contributed by atoms with E-state index >= 15 is 0 Å². The maximum absolute atomic E-state index is 13.8. The van der Waals surface area contributed by atoms with Crippen LogP contribution < -0.4 is 0 Å². The number of isothiocyanates is 1. The van der Waals surface area contributed by atoms with Gasteiger partial charge in [-0.2, -0.15) is 4.99 Å². The number of benzene rings is 3. The van der Waals surface area contributed by atoms with Crippen molar-refractivity contribution in [3.63, 3.8) is 0 Å². The molecule has 0 radical (unpaired) electrons. The predicted octanol–water partition coefficient (Wildman–Crippen LogP) is 5.94. The van der Waals surface area contributed by atoms with Gasteiger partial charge in [0.25, 0.3) is 0 Å². The summed E-state index contributed by atoms with van der Waals surface area (Å²) < 4.78 is 13.8. The Labute approximate surface area is 151 Å². The number of aryl methyl sites for hydroxylation is 1. The third kappa shape index (κ3) is 4.28. The zero-order valence-electron chi connectivity index (χ0n) is 13.6. The summed E-state index contributed by atoms with van der Waals surface area (Å²) in [5.74, 6) is 5.60. The molecule has 3 aromatic carbocycles. The summed E-state index contributed by atoms with van der Waals surface area (Å²) >= 11 is 4.60. The first kappa shape index (κ1) is 16.8. The highest BCUT2D eigenvalue weighted by molar-refractivity contribution is 7.78. The van der Waals surface area contributed by atoms with Gasteiger partial charge in [0.05, 0.1) is 16.4 Å². The minimum Gasteiger partial charge on any atom is -0.206 e. The number of hydrogen-bond acceptors (Lipinski definition) is 2. The maximum Gasteiger partial charge on any atom is 0.139 e. The largest absolute Gasteiger partial charge is 0.206 e. The number of halogens is 1. The normalized spacial score (nSPS) is 9.68. The molecule has 0 spiro atoms. The molecule has 0 aliphatic heterocycles. The molecular formula is C22H14FNS. The second-order valence-electron chi connectivity index (χ2n) is 5.56. The van der Waals surface area contributed by atoms with Gasteiger partial charge in [0.15, 0.2) is 0 Å². The summed E-state index contributed by atoms with van der Waals surface area (Å²) in [4.78, 5) is 3.94. The molecule has 0 saturated heterocycles. The SMILES string of the molecule is Cc1ccc(C#Cc2ccc(-c3ccc(N=C=S)cc3)cc2)c(F)c1. The molecule has 0 amide bonds. The first-order valence-corrected chi connectivity index (χ1v) is 8.13. The van der Waals surface area contributed by atoms with Crippen LogP contribution in [0.25, 0.3) is 11.1 Å². The van der Waals surface area contributed by atoms with Gasteiger partial charge >= 0.3 is 0 Å². The summed E-state index contributed by atoms with van der Waals surface area (Å²) in [5.41, 5.74) is 5.06. The molecule has 1 nitrogen and oxygen atoms in total. The van der Waals surface area contributed by atoms with Crippen molar-refractivity contribution >= 4 is 23.1 Å². The van der Waals surface area contributed by atoms with Gasteiger partial charge in [0.1, 0.15) is 5.82 Å². The third-order valence-electron chi connectivity index (χ3n) is 3.73. The van der Waals surface area contributed by atoms with Crippen LogP contribution in [0.4, 0.5) is 10.1 Å². The first-order chi connectivity index (χ1) is 12.2. The Morgan fingerprint density at radius 1 is 0.840 bits per heavy atom. The quantitative estimate of drug-likeness (QED) is 0.319. The number of rotatable bonds is 2. The van der Waals surface area contributed by atoms with E-state index in [9.17, 15) is 4.39 Å². The van der Waals surface area contributed by atoms with E-state index in [0.29, 0.717) is 5.56 Å². The average molecular weight is 343 g/mol. The van der Waals surface area contributed by atoms with E-state index in [-0.39, 0.29) is 5.82 Å². The van der Waals surface area contributed by atoms with Crippen molar-refractivity contribution in [2.75, 3.05) is 0 Å². The number of thiocarbonyl (C=S) groups is 1. The summed E-state index contributed by atoms with van der Waals surface area (Å²) in [6.45, 7) is 1.85. The van der Waals surface area contributed by atoms with E-state index in [1.165, 1.54) is 6.07 Å². The van der Waals surface area contributed by atoms with Gasteiger partial charge in [-0.1, -0.05) is 42.2 Å². The minimum atomic E-state index is -0.289. The van der Waals surface area contributed by atoms with Crippen molar-refractivity contribution in [2.45, 2.75) is 6.92 Å². The van der Waals surface area contributed by atoms with E-state index in [1.807, 2.05) is 61.5 Å². The Bertz CT molecular complexity index is 1000. The second kappa shape index (κ2) is 7.68. The molecule has 120 valence electrons. The lowest BCUT2D eigenvalue weighted by Gasteiger charge is -2.02. The fraction of sp³-hybridized carbons (Fsp3) is 0.0455. The highest BCUT2D eigenvalue weighted by Crippen LogP contribution is 2.22. The predicted molar refractivity (Wildman–Crippen MR) is 104 cm³/mol. The molecule has 0 aromatic heterocycles. The molecule has 3 heteroatoms. The number of hydrogen-bond donors (Lipinski definition) is 0. The zero-order valence-corrected chi connectivity index (χ0v) is 14.4. The molecular weight excluding hydrogens is 329 g/mol. The molecule has 0 N–H and O–H groups in total. The molecule has 0 aliphatic carbocycles. The van der Waals surface area contributed by atoms with Crippen LogP contribution in [0.5, 0.6) is 0 Å². The van der Waals surface area contributed by atoms with E-state index < -0.39 is 0 Å². The molecule has 25 heavy (non-hydrogen) atoms. The molecule has 3 rings (SSSR count). The van der Waals surface area contributed by atoms with E-state index in [4.69, 9.17) is 0 Å². The topological polar surface area (TPSA) is 12.4 Å². The van der Waals surface area contributed by atoms with Gasteiger partial charge in [-0.3, -0.25) is 0 Å². The molecule has 0 fully saturated rings. The van der Waals surface area contributed by atoms with Gasteiger partial charge in [-0.05, 0) is 72.2 Å². The number of aliphatic imine (C=N–C) groups is 1. The van der Waals surface area contributed by atoms with Gasteiger partial charge in [-0.15, -0.1) is 0 Å². The Morgan fingerprint density at radius 3 is 2.08 bits per heavy atom. The lowest BCUT2D eigenvalue weighted by atomic mass is 10.0. The lowest BCUT2D eigenvalue weighted by Crippen LogP contribution is -1.85. The molecule has 0 bridgehead atoms. The molecule has 0 unspecified atom stereocenters. The van der Waals surface area contributed by atoms with Crippen LogP contribution in [0.2, 0.25) is 0 Å². The van der Waals surface area contributed by atoms with E-state index in [2.05, 4.69) is 34.2 Å². The van der Waals surface area contributed by atoms with Crippen molar-refractivity contribution in [1.29, 1.82) is 0 Å². The monoisotopic (exact) mass is 343 g/mol.